The molecule has 1 aromatic heterocycles. The number of aryl methyl sites for hydroxylation is 1. The maximum absolute atomic E-state index is 12.9. The lowest BCUT2D eigenvalue weighted by molar-refractivity contribution is 0.0925. The Balaban J connectivity index is 1.41. The van der Waals surface area contributed by atoms with Gasteiger partial charge < -0.3 is 0 Å². The van der Waals surface area contributed by atoms with Crippen LogP contribution in [-0.4, -0.2) is 27.9 Å². The van der Waals surface area contributed by atoms with E-state index in [-0.39, 0.29) is 17.4 Å². The van der Waals surface area contributed by atoms with Crippen molar-refractivity contribution in [3.05, 3.63) is 69.7 Å². The third kappa shape index (κ3) is 3.01. The van der Waals surface area contributed by atoms with E-state index in [2.05, 4.69) is 15.5 Å². The number of rotatable bonds is 4. The molecule has 8 heteroatoms. The summed E-state index contributed by atoms with van der Waals surface area (Å²) in [6.45, 7) is 1.84. The van der Waals surface area contributed by atoms with Gasteiger partial charge in [0.15, 0.2) is 0 Å². The highest BCUT2D eigenvalue weighted by Gasteiger charge is 2.37. The number of imide groups is 1. The van der Waals surface area contributed by atoms with E-state index in [9.17, 15) is 14.4 Å². The molecule has 0 radical (unpaired) electrons. The van der Waals surface area contributed by atoms with Crippen molar-refractivity contribution in [3.8, 4) is 0 Å². The molecule has 0 spiro atoms. The summed E-state index contributed by atoms with van der Waals surface area (Å²) in [4.78, 5) is 39.5. The Labute approximate surface area is 170 Å². The minimum absolute atomic E-state index is 0.224. The average Bonchev–Trinajstić information content (AvgIpc) is 3.42. The first kappa shape index (κ1) is 17.7. The van der Waals surface area contributed by atoms with Gasteiger partial charge in [-0.2, -0.15) is 0 Å². The Morgan fingerprint density at radius 3 is 2.59 bits per heavy atom. The smallest absolute Gasteiger partial charge is 0.266 e. The molecule has 7 nitrogen and oxygen atoms in total. The molecule has 2 heterocycles. The molecule has 3 aromatic rings. The molecule has 1 aliphatic carbocycles. The molecule has 29 heavy (non-hydrogen) atoms. The molecular formula is C21H16N4O3S. The van der Waals surface area contributed by atoms with Crippen molar-refractivity contribution in [1.82, 2.24) is 10.2 Å². The highest BCUT2D eigenvalue weighted by atomic mass is 32.1. The summed E-state index contributed by atoms with van der Waals surface area (Å²) in [6, 6.07) is 11.7. The normalized spacial score (nSPS) is 15.6. The Kier molecular flexibility index (Phi) is 4.02. The third-order valence-electron chi connectivity index (χ3n) is 5.09. The number of para-hydroxylation sites is 1. The second-order valence-corrected chi connectivity index (χ2v) is 8.18. The molecular weight excluding hydrogens is 388 g/mol. The quantitative estimate of drug-likeness (QED) is 0.668. The summed E-state index contributed by atoms with van der Waals surface area (Å²) in [6.07, 6.45) is 2.22. The largest absolute Gasteiger partial charge is 0.296 e. The second-order valence-electron chi connectivity index (χ2n) is 7.17. The molecule has 3 amide bonds. The SMILES string of the molecule is Cc1ccccc1N1C(=O)c2ccc(C(=O)Nc3nnc(C4CC4)s3)cc2C1=O. The van der Waals surface area contributed by atoms with E-state index in [0.29, 0.717) is 27.9 Å². The Hall–Kier alpha value is -3.39. The lowest BCUT2D eigenvalue weighted by Crippen LogP contribution is -2.29. The zero-order valence-corrected chi connectivity index (χ0v) is 16.3. The molecule has 1 saturated carbocycles. The van der Waals surface area contributed by atoms with Gasteiger partial charge in [0.25, 0.3) is 17.7 Å². The fourth-order valence-electron chi connectivity index (χ4n) is 3.36. The van der Waals surface area contributed by atoms with Crippen molar-refractivity contribution in [2.75, 3.05) is 10.2 Å². The van der Waals surface area contributed by atoms with Crippen LogP contribution in [0.2, 0.25) is 0 Å². The van der Waals surface area contributed by atoms with Crippen LogP contribution in [0.25, 0.3) is 0 Å². The number of benzene rings is 2. The standard InChI is InChI=1S/C21H16N4O3S/c1-11-4-2-3-5-16(11)25-19(27)14-9-8-13(10-15(14)20(25)28)17(26)22-21-24-23-18(29-21)12-6-7-12/h2-5,8-10,12H,6-7H2,1H3,(H,22,24,26). The van der Waals surface area contributed by atoms with Crippen LogP contribution in [-0.2, 0) is 0 Å². The first-order chi connectivity index (χ1) is 14.0. The molecule has 2 aliphatic rings. The van der Waals surface area contributed by atoms with E-state index < -0.39 is 5.91 Å². The Morgan fingerprint density at radius 1 is 1.07 bits per heavy atom. The summed E-state index contributed by atoms with van der Waals surface area (Å²) < 4.78 is 0. The maximum atomic E-state index is 12.9. The Bertz CT molecular complexity index is 1180. The molecule has 1 N–H and O–H groups in total. The van der Waals surface area contributed by atoms with Gasteiger partial charge in [-0.3, -0.25) is 19.7 Å². The highest BCUT2D eigenvalue weighted by Crippen LogP contribution is 2.42. The van der Waals surface area contributed by atoms with Gasteiger partial charge >= 0.3 is 0 Å². The number of fused-ring (bicyclic) bond motifs is 1. The van der Waals surface area contributed by atoms with Crippen LogP contribution in [0.4, 0.5) is 10.8 Å². The van der Waals surface area contributed by atoms with Gasteiger partial charge in [0.1, 0.15) is 5.01 Å². The van der Waals surface area contributed by atoms with Crippen molar-refractivity contribution in [2.24, 2.45) is 0 Å². The molecule has 0 saturated heterocycles. The van der Waals surface area contributed by atoms with Gasteiger partial charge in [0.2, 0.25) is 5.13 Å². The third-order valence-corrected chi connectivity index (χ3v) is 6.09. The van der Waals surface area contributed by atoms with E-state index in [1.807, 2.05) is 19.1 Å². The number of nitrogens with one attached hydrogen (secondary N) is 1. The minimum Gasteiger partial charge on any atom is -0.296 e. The van der Waals surface area contributed by atoms with E-state index in [0.717, 1.165) is 28.3 Å². The molecule has 0 atom stereocenters. The van der Waals surface area contributed by atoms with E-state index in [1.165, 1.54) is 23.5 Å². The fourth-order valence-corrected chi connectivity index (χ4v) is 4.27. The number of carbonyl (C=O) groups excluding carboxylic acids is 3. The van der Waals surface area contributed by atoms with E-state index in [1.54, 1.807) is 18.2 Å². The van der Waals surface area contributed by atoms with Crippen molar-refractivity contribution in [1.29, 1.82) is 0 Å². The topological polar surface area (TPSA) is 92.3 Å². The first-order valence-electron chi connectivity index (χ1n) is 9.26. The van der Waals surface area contributed by atoms with E-state index in [4.69, 9.17) is 0 Å². The van der Waals surface area contributed by atoms with E-state index >= 15 is 0 Å². The first-order valence-corrected chi connectivity index (χ1v) is 10.1. The van der Waals surface area contributed by atoms with Crippen LogP contribution < -0.4 is 10.2 Å². The molecule has 1 fully saturated rings. The predicted molar refractivity (Wildman–Crippen MR) is 109 cm³/mol. The number of hydrogen-bond donors (Lipinski definition) is 1. The maximum Gasteiger partial charge on any atom is 0.266 e. The van der Waals surface area contributed by atoms with Crippen molar-refractivity contribution < 1.29 is 14.4 Å². The number of anilines is 2. The van der Waals surface area contributed by atoms with Gasteiger partial charge in [-0.15, -0.1) is 10.2 Å². The van der Waals surface area contributed by atoms with Gasteiger partial charge in [0.05, 0.1) is 16.8 Å². The average molecular weight is 404 g/mol. The van der Waals surface area contributed by atoms with Crippen molar-refractivity contribution >= 4 is 39.9 Å². The molecule has 1 aliphatic heterocycles. The summed E-state index contributed by atoms with van der Waals surface area (Å²) in [5, 5.41) is 12.2. The van der Waals surface area contributed by atoms with Gasteiger partial charge in [-0.1, -0.05) is 29.5 Å². The lowest BCUT2D eigenvalue weighted by Gasteiger charge is -2.16. The molecule has 0 bridgehead atoms. The Morgan fingerprint density at radius 2 is 1.83 bits per heavy atom. The molecule has 0 unspecified atom stereocenters. The fraction of sp³-hybridized carbons (Fsp3) is 0.190. The molecule has 2 aromatic carbocycles. The summed E-state index contributed by atoms with van der Waals surface area (Å²) in [7, 11) is 0. The van der Waals surface area contributed by atoms with Crippen LogP contribution >= 0.6 is 11.3 Å². The number of nitrogens with zero attached hydrogens (tertiary/aromatic N) is 3. The minimum atomic E-state index is -0.430. The second kappa shape index (κ2) is 6.59. The lowest BCUT2D eigenvalue weighted by atomic mass is 10.1. The zero-order valence-electron chi connectivity index (χ0n) is 15.5. The monoisotopic (exact) mass is 404 g/mol. The summed E-state index contributed by atoms with van der Waals surface area (Å²) in [5.41, 5.74) is 2.18. The van der Waals surface area contributed by atoms with Crippen molar-refractivity contribution in [2.45, 2.75) is 25.7 Å². The molecule has 144 valence electrons. The summed E-state index contributed by atoms with van der Waals surface area (Å²) >= 11 is 1.37. The number of amides is 3. The molecule has 5 rings (SSSR count). The zero-order chi connectivity index (χ0) is 20.1. The van der Waals surface area contributed by atoms with Crippen LogP contribution in [0.3, 0.4) is 0 Å². The number of carbonyl (C=O) groups is 3. The summed E-state index contributed by atoms with van der Waals surface area (Å²) in [5.74, 6) is -0.736. The van der Waals surface area contributed by atoms with Crippen molar-refractivity contribution in [3.63, 3.8) is 0 Å². The number of hydrogen-bond acceptors (Lipinski definition) is 6. The van der Waals surface area contributed by atoms with Gasteiger partial charge in [0, 0.05) is 11.5 Å². The van der Waals surface area contributed by atoms with Crippen LogP contribution in [0.15, 0.2) is 42.5 Å². The predicted octanol–water partition coefficient (Wildman–Crippen LogP) is 3.78. The van der Waals surface area contributed by atoms with Crippen LogP contribution in [0, 0.1) is 6.92 Å². The van der Waals surface area contributed by atoms with Crippen LogP contribution in [0.5, 0.6) is 0 Å². The van der Waals surface area contributed by atoms with Crippen LogP contribution in [0.1, 0.15) is 60.4 Å². The number of aromatic nitrogens is 2. The van der Waals surface area contributed by atoms with Gasteiger partial charge in [-0.25, -0.2) is 4.90 Å². The van der Waals surface area contributed by atoms with Gasteiger partial charge in [-0.05, 0) is 49.6 Å². The highest BCUT2D eigenvalue weighted by molar-refractivity contribution is 7.15.